The molecule has 56 heavy (non-hydrogen) atoms. The highest BCUT2D eigenvalue weighted by molar-refractivity contribution is 8.07. The van der Waals surface area contributed by atoms with Gasteiger partial charge in [0.25, 0.3) is 11.5 Å². The Morgan fingerprint density at radius 1 is 1.02 bits per heavy atom. The minimum absolute atomic E-state index is 0.0214. The van der Waals surface area contributed by atoms with E-state index in [4.69, 9.17) is 45.6 Å². The molecule has 0 bridgehead atoms. The van der Waals surface area contributed by atoms with Crippen LogP contribution in [0.4, 0.5) is 14.6 Å². The van der Waals surface area contributed by atoms with Crippen LogP contribution in [0.2, 0.25) is 0 Å². The standard InChI is InChI=1S/C30H28F2N11O10PS2/c1-33-7-8-48-54(55)49-10-17-23(19(32)30(51-17)43-14-39-21-26(43)36-12-37-28(21)45)53-56(46,47)40-9-16-22(52-54)18(31)29(50-16)42-13-38-20-24(34-11-35-25(20)42)41-27(44)15-5-3-2-4-6-15/h2-6,11-14,16-19,22-23,29-30,40H,7-10H2,(H,36,37,45)(H,34,35,41,44)/t16-,17-,18-,19-,22-,23-,29-,30-,54?/m1/s1. The minimum atomic E-state index is -4.83. The fourth-order valence-electron chi connectivity index (χ4n) is 6.30. The molecule has 294 valence electrons. The number of nitrogens with one attached hydrogen (secondary N) is 3. The Hall–Kier alpha value is -4.74. The molecule has 1 amide bonds. The molecule has 7 heterocycles. The molecular formula is C30H28F2N11O10PS2. The molecule has 8 rings (SSSR count). The molecule has 26 heteroatoms. The topological polar surface area (TPSA) is 242 Å². The Morgan fingerprint density at radius 2 is 1.71 bits per heavy atom. The summed E-state index contributed by atoms with van der Waals surface area (Å²) in [5, 5.41) is 2.66. The fourth-order valence-corrected chi connectivity index (χ4v) is 9.34. The van der Waals surface area contributed by atoms with Crippen LogP contribution in [-0.2, 0) is 49.3 Å². The molecule has 3 N–H and O–H groups in total. The molecular weight excluding hydrogens is 808 g/mol. The van der Waals surface area contributed by atoms with Crippen LogP contribution in [0, 0.1) is 6.57 Å². The molecule has 0 spiro atoms. The number of alkyl halides is 2. The van der Waals surface area contributed by atoms with Crippen LogP contribution in [0.25, 0.3) is 27.2 Å². The number of hydrogen-bond acceptors (Lipinski definition) is 16. The molecule has 3 aliphatic rings. The third kappa shape index (κ3) is 7.31. The molecule has 5 aromatic rings. The van der Waals surface area contributed by atoms with Gasteiger partial charge in [0.05, 0.1) is 25.6 Å². The summed E-state index contributed by atoms with van der Waals surface area (Å²) in [6.45, 7) is 1.24. The number of nitrogens with zero attached hydrogens (tertiary/aromatic N) is 8. The van der Waals surface area contributed by atoms with Crippen molar-refractivity contribution in [2.45, 2.75) is 49.2 Å². The van der Waals surface area contributed by atoms with Crippen LogP contribution in [0.15, 0.2) is 60.4 Å². The highest BCUT2D eigenvalue weighted by Crippen LogP contribution is 2.55. The fraction of sp³-hybridized carbons (Fsp3) is 0.400. The predicted molar refractivity (Wildman–Crippen MR) is 190 cm³/mol. The van der Waals surface area contributed by atoms with E-state index in [1.807, 2.05) is 0 Å². The number of H-pyrrole nitrogens is 1. The summed E-state index contributed by atoms with van der Waals surface area (Å²) in [5.41, 5.74) is -0.329. The second-order valence-electron chi connectivity index (χ2n) is 12.3. The normalized spacial score (nSPS) is 30.5. The molecule has 3 fully saturated rings. The average molecular weight is 836 g/mol. The highest BCUT2D eigenvalue weighted by Gasteiger charge is 2.54. The maximum atomic E-state index is 16.7. The maximum Gasteiger partial charge on any atom is 0.336 e. The Bertz CT molecular complexity index is 2540. The maximum absolute atomic E-state index is 16.7. The third-order valence-electron chi connectivity index (χ3n) is 8.87. The van der Waals surface area contributed by atoms with Gasteiger partial charge in [-0.3, -0.25) is 23.2 Å². The number of benzene rings is 1. The van der Waals surface area contributed by atoms with Gasteiger partial charge in [-0.05, 0) is 23.9 Å². The zero-order chi connectivity index (χ0) is 39.2. The van der Waals surface area contributed by atoms with E-state index in [2.05, 4.69) is 44.8 Å². The number of halogens is 2. The van der Waals surface area contributed by atoms with Crippen molar-refractivity contribution in [1.29, 1.82) is 0 Å². The summed E-state index contributed by atoms with van der Waals surface area (Å²) in [5.74, 6) is -0.467. The Morgan fingerprint density at radius 3 is 2.46 bits per heavy atom. The number of ether oxygens (including phenoxy) is 2. The second kappa shape index (κ2) is 15.3. The third-order valence-corrected chi connectivity index (χ3v) is 12.2. The van der Waals surface area contributed by atoms with E-state index in [0.29, 0.717) is 5.56 Å². The van der Waals surface area contributed by atoms with Crippen molar-refractivity contribution in [2.24, 2.45) is 0 Å². The van der Waals surface area contributed by atoms with Gasteiger partial charge in [0.2, 0.25) is 6.54 Å². The van der Waals surface area contributed by atoms with E-state index in [1.165, 1.54) is 10.9 Å². The van der Waals surface area contributed by atoms with Gasteiger partial charge in [0, 0.05) is 12.1 Å². The zero-order valence-electron chi connectivity index (χ0n) is 28.3. The van der Waals surface area contributed by atoms with Gasteiger partial charge in [-0.15, -0.1) is 0 Å². The van der Waals surface area contributed by atoms with Gasteiger partial charge in [-0.1, -0.05) is 18.2 Å². The Labute approximate surface area is 319 Å². The van der Waals surface area contributed by atoms with Crippen molar-refractivity contribution < 1.29 is 49.2 Å². The van der Waals surface area contributed by atoms with Crippen LogP contribution in [0.5, 0.6) is 0 Å². The van der Waals surface area contributed by atoms with Gasteiger partial charge in [0.15, 0.2) is 52.9 Å². The summed E-state index contributed by atoms with van der Waals surface area (Å²) < 4.78 is 98.9. The second-order valence-corrected chi connectivity index (χ2v) is 16.7. The average Bonchev–Trinajstić information content (AvgIpc) is 3.95. The molecule has 3 aliphatic heterocycles. The Balaban J connectivity index is 1.08. The molecule has 0 radical (unpaired) electrons. The van der Waals surface area contributed by atoms with Crippen molar-refractivity contribution in [3.05, 3.63) is 83.0 Å². The lowest BCUT2D eigenvalue weighted by Gasteiger charge is -2.30. The number of fused-ring (bicyclic) bond motifs is 4. The number of rotatable bonds is 7. The van der Waals surface area contributed by atoms with E-state index in [9.17, 15) is 18.0 Å². The first-order valence-corrected chi connectivity index (χ1v) is 20.5. The smallest absolute Gasteiger partial charge is 0.336 e. The summed E-state index contributed by atoms with van der Waals surface area (Å²) in [6.07, 6.45) is -9.46. The Kier molecular flexibility index (Phi) is 10.4. The van der Waals surface area contributed by atoms with Crippen LogP contribution < -0.4 is 15.6 Å². The summed E-state index contributed by atoms with van der Waals surface area (Å²) >= 11 is 5.65. The highest BCUT2D eigenvalue weighted by atomic mass is 32.5. The molecule has 4 aromatic heterocycles. The van der Waals surface area contributed by atoms with Crippen molar-refractivity contribution in [1.82, 2.24) is 43.8 Å². The molecule has 21 nitrogen and oxygen atoms in total. The lowest BCUT2D eigenvalue weighted by Crippen LogP contribution is -2.45. The van der Waals surface area contributed by atoms with Gasteiger partial charge in [-0.2, -0.15) is 13.1 Å². The largest absolute Gasteiger partial charge is 0.347 e. The molecule has 1 unspecified atom stereocenters. The molecule has 3 saturated heterocycles. The number of aromatic nitrogens is 8. The van der Waals surface area contributed by atoms with E-state index in [1.54, 1.807) is 30.3 Å². The number of hydrogen-bond donors (Lipinski definition) is 3. The monoisotopic (exact) mass is 835 g/mol. The van der Waals surface area contributed by atoms with Gasteiger partial charge in [0.1, 0.15) is 37.4 Å². The van der Waals surface area contributed by atoms with E-state index >= 15 is 8.78 Å². The zero-order valence-corrected chi connectivity index (χ0v) is 30.9. The van der Waals surface area contributed by atoms with Crippen LogP contribution in [-0.4, -0.2) is 116 Å². The van der Waals surface area contributed by atoms with Crippen molar-refractivity contribution in [2.75, 3.05) is 31.6 Å². The number of carbonyl (C=O) groups excluding carboxylic acids is 1. The number of carbonyl (C=O) groups is 1. The van der Waals surface area contributed by atoms with Crippen molar-refractivity contribution in [3.8, 4) is 0 Å². The van der Waals surface area contributed by atoms with Gasteiger partial charge >= 0.3 is 17.0 Å². The van der Waals surface area contributed by atoms with Crippen molar-refractivity contribution >= 4 is 62.9 Å². The first-order chi connectivity index (χ1) is 26.9. The predicted octanol–water partition coefficient (Wildman–Crippen LogP) is 1.48. The van der Waals surface area contributed by atoms with Crippen molar-refractivity contribution in [3.63, 3.8) is 0 Å². The van der Waals surface area contributed by atoms with E-state index in [0.717, 1.165) is 23.5 Å². The number of amides is 1. The summed E-state index contributed by atoms with van der Waals surface area (Å²) in [4.78, 5) is 51.3. The van der Waals surface area contributed by atoms with Crippen LogP contribution >= 0.6 is 6.72 Å². The lowest BCUT2D eigenvalue weighted by atomic mass is 10.1. The molecule has 1 aromatic carbocycles. The van der Waals surface area contributed by atoms with Gasteiger partial charge < -0.3 is 33.7 Å². The minimum Gasteiger partial charge on any atom is -0.347 e. The van der Waals surface area contributed by atoms with Crippen LogP contribution in [0.1, 0.15) is 22.8 Å². The SMILES string of the molecule is [C-]#[N+]CCOP1(=S)OC[C@H]2O[C@@H](n3cnc4c(=O)[nH]cnc43)[C@H](F)[C@@H]2OS(=O)(=O)NC[C@H]2O[C@@H](n3cnc4c(NC(=O)c5ccccc5)ncnc43)[C@H](F)[C@@H]2O1. The molecule has 9 atom stereocenters. The first kappa shape index (κ1) is 38.1. The van der Waals surface area contributed by atoms with Gasteiger partial charge in [-0.25, -0.2) is 44.5 Å². The van der Waals surface area contributed by atoms with Crippen LogP contribution in [0.3, 0.4) is 0 Å². The van der Waals surface area contributed by atoms with E-state index in [-0.39, 0.29) is 41.3 Å². The summed E-state index contributed by atoms with van der Waals surface area (Å²) in [7, 11) is -4.83. The number of imidazole rings is 2. The molecule has 0 saturated carbocycles. The lowest BCUT2D eigenvalue weighted by molar-refractivity contribution is -0.0469. The molecule has 0 aliphatic carbocycles. The summed E-state index contributed by atoms with van der Waals surface area (Å²) in [6, 6.07) is 8.31. The van der Waals surface area contributed by atoms with E-state index < -0.39 is 90.9 Å². The first-order valence-electron chi connectivity index (χ1n) is 16.6. The number of anilines is 1. The quantitative estimate of drug-likeness (QED) is 0.119. The number of aromatic amines is 1.